The molecule has 0 spiro atoms. The fourth-order valence-corrected chi connectivity index (χ4v) is 2.97. The lowest BCUT2D eigenvalue weighted by molar-refractivity contribution is -0.168. The maximum Gasteiger partial charge on any atom is 0.352 e. The summed E-state index contributed by atoms with van der Waals surface area (Å²) in [4.78, 5) is 25.4. The van der Waals surface area contributed by atoms with Crippen molar-refractivity contribution in [2.75, 3.05) is 0 Å². The number of fused-ring (bicyclic) bond motifs is 1. The summed E-state index contributed by atoms with van der Waals surface area (Å²) < 4.78 is 17.1. The van der Waals surface area contributed by atoms with E-state index in [0.29, 0.717) is 17.1 Å². The van der Waals surface area contributed by atoms with Gasteiger partial charge in [-0.05, 0) is 31.9 Å². The number of rotatable bonds is 5. The maximum atomic E-state index is 12.8. The topological polar surface area (TPSA) is 73.9 Å². The molecule has 1 heterocycles. The highest BCUT2D eigenvalue weighted by molar-refractivity contribution is 5.86. The third-order valence-corrected chi connectivity index (χ3v) is 4.57. The van der Waals surface area contributed by atoms with E-state index < -0.39 is 24.3 Å². The van der Waals surface area contributed by atoms with Crippen molar-refractivity contribution in [2.45, 2.75) is 44.1 Å². The van der Waals surface area contributed by atoms with Crippen LogP contribution >= 0.6 is 0 Å². The molecule has 1 fully saturated rings. The first-order chi connectivity index (χ1) is 13.1. The van der Waals surface area contributed by atoms with Crippen LogP contribution in [-0.2, 0) is 14.3 Å². The number of ether oxygens (including phenoxy) is 3. The Bertz CT molecular complexity index is 833. The number of carbonyl (C=O) groups is 2. The van der Waals surface area contributed by atoms with E-state index in [1.165, 1.54) is 0 Å². The molecule has 4 rings (SSSR count). The van der Waals surface area contributed by atoms with Crippen LogP contribution in [0.1, 0.15) is 31.4 Å². The van der Waals surface area contributed by atoms with Gasteiger partial charge in [0, 0.05) is 11.6 Å². The zero-order valence-corrected chi connectivity index (χ0v) is 15.0. The Hall–Kier alpha value is -3.02. The number of para-hydroxylation sites is 2. The minimum atomic E-state index is -1.02. The Balaban J connectivity index is 1.52. The van der Waals surface area contributed by atoms with Crippen LogP contribution in [0.5, 0.6) is 11.5 Å². The molecule has 1 aliphatic heterocycles. The van der Waals surface area contributed by atoms with Crippen molar-refractivity contribution in [2.24, 2.45) is 0 Å². The highest BCUT2D eigenvalue weighted by Crippen LogP contribution is 2.34. The molecule has 1 amide bonds. The Kier molecular flexibility index (Phi) is 4.71. The summed E-state index contributed by atoms with van der Waals surface area (Å²) in [5.41, 5.74) is 0.619. The Morgan fingerprint density at radius 3 is 2.30 bits per heavy atom. The lowest BCUT2D eigenvalue weighted by Gasteiger charge is -2.31. The molecule has 2 aromatic carbocycles. The lowest BCUT2D eigenvalue weighted by atomic mass is 10.1. The van der Waals surface area contributed by atoms with Crippen molar-refractivity contribution in [1.29, 1.82) is 0 Å². The minimum Gasteiger partial charge on any atom is -0.482 e. The van der Waals surface area contributed by atoms with Crippen LogP contribution in [0, 0.1) is 0 Å². The molecular formula is C21H21NO5. The highest BCUT2D eigenvalue weighted by Gasteiger charge is 2.39. The standard InChI is InChI=1S/C21H21NO5/c1-13-18(26-17-10-6-5-9-16(17)25-13)21(24)27-19(14-7-3-2-4-8-14)20(23)22-15-11-12-15/h2-10,13,15,18-19H,11-12H2,1H3,(H,22,23)/t13-,18+,19+/m0/s1. The van der Waals surface area contributed by atoms with E-state index in [9.17, 15) is 9.59 Å². The molecule has 6 heteroatoms. The Morgan fingerprint density at radius 1 is 1.00 bits per heavy atom. The zero-order chi connectivity index (χ0) is 18.8. The van der Waals surface area contributed by atoms with Gasteiger partial charge in [-0.15, -0.1) is 0 Å². The van der Waals surface area contributed by atoms with Gasteiger partial charge in [0.05, 0.1) is 0 Å². The molecule has 3 atom stereocenters. The van der Waals surface area contributed by atoms with Gasteiger partial charge in [0.2, 0.25) is 12.2 Å². The van der Waals surface area contributed by atoms with Crippen molar-refractivity contribution >= 4 is 11.9 Å². The third-order valence-electron chi connectivity index (χ3n) is 4.57. The first kappa shape index (κ1) is 17.4. The smallest absolute Gasteiger partial charge is 0.352 e. The summed E-state index contributed by atoms with van der Waals surface area (Å²) in [7, 11) is 0. The van der Waals surface area contributed by atoms with Crippen LogP contribution in [0.3, 0.4) is 0 Å². The van der Waals surface area contributed by atoms with Crippen LogP contribution in [-0.4, -0.2) is 30.1 Å². The number of hydrogen-bond donors (Lipinski definition) is 1. The molecule has 1 aliphatic carbocycles. The predicted octanol–water partition coefficient (Wildman–Crippen LogP) is 2.78. The average molecular weight is 367 g/mol. The van der Waals surface area contributed by atoms with Gasteiger partial charge in [-0.25, -0.2) is 4.79 Å². The molecule has 2 aromatic rings. The monoisotopic (exact) mass is 367 g/mol. The van der Waals surface area contributed by atoms with E-state index in [1.807, 2.05) is 12.1 Å². The largest absolute Gasteiger partial charge is 0.482 e. The maximum absolute atomic E-state index is 12.8. The van der Waals surface area contributed by atoms with Gasteiger partial charge in [0.25, 0.3) is 5.91 Å². The SMILES string of the molecule is C[C@@H]1Oc2ccccc2O[C@H]1C(=O)O[C@@H](C(=O)NC1CC1)c1ccccc1. The van der Waals surface area contributed by atoms with Gasteiger partial charge in [-0.1, -0.05) is 42.5 Å². The van der Waals surface area contributed by atoms with Gasteiger partial charge >= 0.3 is 5.97 Å². The summed E-state index contributed by atoms with van der Waals surface area (Å²) in [5, 5.41) is 2.90. The van der Waals surface area contributed by atoms with Crippen LogP contribution < -0.4 is 14.8 Å². The molecule has 0 bridgehead atoms. The third kappa shape index (κ3) is 3.89. The molecule has 0 unspecified atom stereocenters. The van der Waals surface area contributed by atoms with Gasteiger partial charge in [-0.3, -0.25) is 4.79 Å². The van der Waals surface area contributed by atoms with E-state index in [4.69, 9.17) is 14.2 Å². The molecular weight excluding hydrogens is 346 g/mol. The first-order valence-corrected chi connectivity index (χ1v) is 9.10. The molecule has 27 heavy (non-hydrogen) atoms. The summed E-state index contributed by atoms with van der Waals surface area (Å²) in [5.74, 6) is 0.120. The fraction of sp³-hybridized carbons (Fsp3) is 0.333. The van der Waals surface area contributed by atoms with Crippen molar-refractivity contribution in [1.82, 2.24) is 5.32 Å². The highest BCUT2D eigenvalue weighted by atomic mass is 16.6. The summed E-state index contributed by atoms with van der Waals surface area (Å²) >= 11 is 0. The number of benzene rings is 2. The van der Waals surface area contributed by atoms with Crippen molar-refractivity contribution in [3.8, 4) is 11.5 Å². The van der Waals surface area contributed by atoms with E-state index in [0.717, 1.165) is 12.8 Å². The van der Waals surface area contributed by atoms with Gasteiger partial charge in [0.1, 0.15) is 6.10 Å². The van der Waals surface area contributed by atoms with Crippen LogP contribution in [0.4, 0.5) is 0 Å². The Labute approximate surface area is 157 Å². The lowest BCUT2D eigenvalue weighted by Crippen LogP contribution is -2.46. The zero-order valence-electron chi connectivity index (χ0n) is 15.0. The van der Waals surface area contributed by atoms with Gasteiger partial charge < -0.3 is 19.5 Å². The van der Waals surface area contributed by atoms with E-state index >= 15 is 0 Å². The number of hydrogen-bond acceptors (Lipinski definition) is 5. The number of esters is 1. The fourth-order valence-electron chi connectivity index (χ4n) is 2.97. The summed E-state index contributed by atoms with van der Waals surface area (Å²) in [6.45, 7) is 1.74. The second-order valence-electron chi connectivity index (χ2n) is 6.82. The van der Waals surface area contributed by atoms with Crippen LogP contribution in [0.25, 0.3) is 0 Å². The van der Waals surface area contributed by atoms with Crippen molar-refractivity contribution in [3.63, 3.8) is 0 Å². The molecule has 0 radical (unpaired) electrons. The van der Waals surface area contributed by atoms with Crippen molar-refractivity contribution in [3.05, 3.63) is 60.2 Å². The van der Waals surface area contributed by atoms with Gasteiger partial charge in [-0.2, -0.15) is 0 Å². The van der Waals surface area contributed by atoms with Crippen LogP contribution in [0.2, 0.25) is 0 Å². The molecule has 1 N–H and O–H groups in total. The second kappa shape index (κ2) is 7.31. The predicted molar refractivity (Wildman–Crippen MR) is 97.4 cm³/mol. The first-order valence-electron chi connectivity index (χ1n) is 9.10. The van der Waals surface area contributed by atoms with E-state index in [2.05, 4.69) is 5.32 Å². The minimum absolute atomic E-state index is 0.169. The molecule has 0 saturated heterocycles. The van der Waals surface area contributed by atoms with Crippen molar-refractivity contribution < 1.29 is 23.8 Å². The molecule has 6 nitrogen and oxygen atoms in total. The van der Waals surface area contributed by atoms with Gasteiger partial charge in [0.15, 0.2) is 11.5 Å². The summed E-state index contributed by atoms with van der Waals surface area (Å²) in [6, 6.07) is 16.3. The molecule has 2 aliphatic rings. The van der Waals surface area contributed by atoms with E-state index in [1.54, 1.807) is 49.4 Å². The molecule has 140 valence electrons. The molecule has 1 saturated carbocycles. The average Bonchev–Trinajstić information content (AvgIpc) is 3.50. The normalized spacial score (nSPS) is 21.8. The summed E-state index contributed by atoms with van der Waals surface area (Å²) in [6.07, 6.45) is -0.592. The quantitative estimate of drug-likeness (QED) is 0.823. The van der Waals surface area contributed by atoms with Crippen LogP contribution in [0.15, 0.2) is 54.6 Å². The molecule has 0 aromatic heterocycles. The number of nitrogens with one attached hydrogen (secondary N) is 1. The number of carbonyl (C=O) groups excluding carboxylic acids is 2. The Morgan fingerprint density at radius 2 is 1.63 bits per heavy atom. The second-order valence-corrected chi connectivity index (χ2v) is 6.82. The van der Waals surface area contributed by atoms with E-state index in [-0.39, 0.29) is 11.9 Å². The number of amides is 1.